The number of aryl methyl sites for hydroxylation is 1. The molecule has 2 unspecified atom stereocenters. The smallest absolute Gasteiger partial charge is 0.416 e. The number of carbonyl (C=O) groups excluding carboxylic acids is 1. The van der Waals surface area contributed by atoms with E-state index in [1.165, 1.54) is 16.5 Å². The van der Waals surface area contributed by atoms with Gasteiger partial charge in [0.05, 0.1) is 23.7 Å². The third kappa shape index (κ3) is 6.39. The molecule has 3 heterocycles. The summed E-state index contributed by atoms with van der Waals surface area (Å²) < 4.78 is 88.0. The van der Waals surface area contributed by atoms with Crippen LogP contribution in [0.25, 0.3) is 11.4 Å². The highest BCUT2D eigenvalue weighted by Gasteiger charge is 2.43. The number of halogens is 6. The molecule has 5 rings (SSSR count). The van der Waals surface area contributed by atoms with Crippen LogP contribution in [0.4, 0.5) is 37.0 Å². The number of pyridine rings is 1. The van der Waals surface area contributed by atoms with Crippen molar-refractivity contribution < 1.29 is 35.9 Å². The van der Waals surface area contributed by atoms with Gasteiger partial charge in [0.1, 0.15) is 11.9 Å². The number of nitrogens with zero attached hydrogens (tertiary/aromatic N) is 6. The maximum atomic E-state index is 13.5. The van der Waals surface area contributed by atoms with Gasteiger partial charge in [-0.1, -0.05) is 26.2 Å². The summed E-state index contributed by atoms with van der Waals surface area (Å²) in [5.41, 5.74) is -2.21. The van der Waals surface area contributed by atoms with Crippen LogP contribution in [0, 0.1) is 5.92 Å². The molecule has 15 heteroatoms. The largest absolute Gasteiger partial charge is 0.439 e. The van der Waals surface area contributed by atoms with Gasteiger partial charge in [-0.05, 0) is 65.9 Å². The molecule has 4 atom stereocenters. The molecule has 1 saturated carbocycles. The van der Waals surface area contributed by atoms with E-state index in [0.717, 1.165) is 32.1 Å². The number of hydrogen-bond acceptors (Lipinski definition) is 7. The summed E-state index contributed by atoms with van der Waals surface area (Å²) in [6, 6.07) is 2.25. The second kappa shape index (κ2) is 11.6. The van der Waals surface area contributed by atoms with Crippen molar-refractivity contribution in [1.82, 2.24) is 30.1 Å². The van der Waals surface area contributed by atoms with Crippen LogP contribution in [0.15, 0.2) is 30.5 Å². The number of hydrogen-bond donors (Lipinski definition) is 1. The number of ether oxygens (including phenoxy) is 1. The fourth-order valence-electron chi connectivity index (χ4n) is 5.91. The van der Waals surface area contributed by atoms with Crippen molar-refractivity contribution >= 4 is 11.9 Å². The molecule has 1 aromatic carbocycles. The Kier molecular flexibility index (Phi) is 8.27. The number of carbonyl (C=O) groups is 1. The first-order chi connectivity index (χ1) is 20.3. The summed E-state index contributed by atoms with van der Waals surface area (Å²) in [4.78, 5) is 19.0. The molecule has 1 amide bonds. The minimum Gasteiger partial charge on any atom is -0.439 e. The molecular weight excluding hydrogens is 580 g/mol. The van der Waals surface area contributed by atoms with Crippen molar-refractivity contribution in [3.63, 3.8) is 0 Å². The van der Waals surface area contributed by atoms with Gasteiger partial charge >= 0.3 is 18.4 Å². The number of benzene rings is 1. The Morgan fingerprint density at radius 2 is 1.70 bits per heavy atom. The first-order valence-corrected chi connectivity index (χ1v) is 14.0. The number of aromatic nitrogens is 5. The first kappa shape index (κ1) is 30.5. The Morgan fingerprint density at radius 1 is 1.02 bits per heavy atom. The Balaban J connectivity index is 1.48. The highest BCUT2D eigenvalue weighted by molar-refractivity contribution is 5.72. The van der Waals surface area contributed by atoms with Crippen molar-refractivity contribution in [1.29, 1.82) is 0 Å². The van der Waals surface area contributed by atoms with Gasteiger partial charge in [-0.25, -0.2) is 14.5 Å². The van der Waals surface area contributed by atoms with Crippen molar-refractivity contribution in [2.75, 3.05) is 5.32 Å². The number of amides is 1. The maximum Gasteiger partial charge on any atom is 0.416 e. The highest BCUT2D eigenvalue weighted by atomic mass is 19.4. The molecule has 232 valence electrons. The number of anilines is 1. The van der Waals surface area contributed by atoms with Gasteiger partial charge in [-0.2, -0.15) is 26.3 Å². The topological polar surface area (TPSA) is 98.1 Å². The third-order valence-electron chi connectivity index (χ3n) is 8.27. The van der Waals surface area contributed by atoms with Gasteiger partial charge in [0.2, 0.25) is 0 Å². The predicted octanol–water partition coefficient (Wildman–Crippen LogP) is 6.77. The second-order valence-corrected chi connectivity index (χ2v) is 11.1. The molecule has 0 radical (unpaired) electrons. The Morgan fingerprint density at radius 3 is 2.30 bits per heavy atom. The average Bonchev–Trinajstić information content (AvgIpc) is 3.51. The summed E-state index contributed by atoms with van der Waals surface area (Å²) in [6.45, 7) is 3.58. The molecule has 3 aromatic rings. The van der Waals surface area contributed by atoms with Gasteiger partial charge in [0, 0.05) is 30.4 Å². The van der Waals surface area contributed by atoms with Gasteiger partial charge in [-0.15, -0.1) is 5.10 Å². The number of rotatable bonds is 7. The van der Waals surface area contributed by atoms with Crippen LogP contribution in [0.1, 0.15) is 74.3 Å². The molecule has 1 aliphatic heterocycles. The van der Waals surface area contributed by atoms with E-state index in [1.807, 2.05) is 0 Å². The molecule has 1 saturated heterocycles. The lowest BCUT2D eigenvalue weighted by Gasteiger charge is -2.33. The average molecular weight is 612 g/mol. The maximum absolute atomic E-state index is 13.5. The van der Waals surface area contributed by atoms with E-state index in [9.17, 15) is 31.1 Å². The molecule has 43 heavy (non-hydrogen) atoms. The lowest BCUT2D eigenvalue weighted by Crippen LogP contribution is -2.34. The SMILES string of the molecule is CCC1CCCCC1Nc1ncc(-c2nnnn2C)cc1CN1C(=O)O[C@H](c2cc(C(F)(F)F)cc(C(F)(F)F)c2)[C@@H]1C. The van der Waals surface area contributed by atoms with Gasteiger partial charge in [-0.3, -0.25) is 4.90 Å². The standard InChI is InChI=1S/C28H31F6N7O2/c1-4-16-7-5-6-8-22(16)36-24-19(9-18(13-35-24)25-37-38-39-40(25)3)14-41-15(2)23(43-26(41)42)17-10-20(27(29,30)31)12-21(11-17)28(32,33)34/h9-13,15-16,22-23H,4-8,14H2,1-3H3,(H,35,36)/t15-,16?,22?,23-/m0/s1. The highest BCUT2D eigenvalue weighted by Crippen LogP contribution is 2.41. The summed E-state index contributed by atoms with van der Waals surface area (Å²) in [5.74, 6) is 1.36. The zero-order valence-electron chi connectivity index (χ0n) is 23.7. The van der Waals surface area contributed by atoms with Crippen LogP contribution in [0.5, 0.6) is 0 Å². The molecule has 1 N–H and O–H groups in total. The molecule has 0 spiro atoms. The number of cyclic esters (lactones) is 1. The fraction of sp³-hybridized carbons (Fsp3) is 0.536. The zero-order chi connectivity index (χ0) is 31.1. The quantitative estimate of drug-likeness (QED) is 0.295. The van der Waals surface area contributed by atoms with E-state index in [2.05, 4.69) is 32.7 Å². The minimum atomic E-state index is -5.03. The monoisotopic (exact) mass is 611 g/mol. The van der Waals surface area contributed by atoms with E-state index in [0.29, 0.717) is 40.8 Å². The molecule has 0 bridgehead atoms. The zero-order valence-corrected chi connectivity index (χ0v) is 23.7. The van der Waals surface area contributed by atoms with E-state index < -0.39 is 47.3 Å². The minimum absolute atomic E-state index is 0.0496. The molecule has 2 aromatic heterocycles. The predicted molar refractivity (Wildman–Crippen MR) is 142 cm³/mol. The molecule has 1 aliphatic carbocycles. The van der Waals surface area contributed by atoms with Crippen LogP contribution < -0.4 is 5.32 Å². The van der Waals surface area contributed by atoms with Crippen molar-refractivity contribution in [2.45, 2.75) is 83.0 Å². The van der Waals surface area contributed by atoms with Crippen LogP contribution in [0.2, 0.25) is 0 Å². The third-order valence-corrected chi connectivity index (χ3v) is 8.27. The number of alkyl halides is 6. The van der Waals surface area contributed by atoms with Gasteiger partial charge < -0.3 is 10.1 Å². The number of tetrazole rings is 1. The van der Waals surface area contributed by atoms with Crippen molar-refractivity contribution in [3.8, 4) is 11.4 Å². The molecular formula is C28H31F6N7O2. The summed E-state index contributed by atoms with van der Waals surface area (Å²) in [5, 5.41) is 15.1. The Bertz CT molecular complexity index is 1440. The normalized spacial score (nSPS) is 23.0. The van der Waals surface area contributed by atoms with Gasteiger partial charge in [0.25, 0.3) is 0 Å². The summed E-state index contributed by atoms with van der Waals surface area (Å²) >= 11 is 0. The molecule has 2 fully saturated rings. The summed E-state index contributed by atoms with van der Waals surface area (Å²) in [6.07, 6.45) is -5.51. The number of nitrogens with one attached hydrogen (secondary N) is 1. The Hall–Kier alpha value is -3.91. The lowest BCUT2D eigenvalue weighted by atomic mass is 9.83. The van der Waals surface area contributed by atoms with Crippen molar-refractivity contribution in [3.05, 3.63) is 52.7 Å². The van der Waals surface area contributed by atoms with E-state index >= 15 is 0 Å². The fourth-order valence-corrected chi connectivity index (χ4v) is 5.91. The summed E-state index contributed by atoms with van der Waals surface area (Å²) in [7, 11) is 1.66. The Labute approximate surface area is 243 Å². The first-order valence-electron chi connectivity index (χ1n) is 14.0. The van der Waals surface area contributed by atoms with Gasteiger partial charge in [0.15, 0.2) is 5.82 Å². The van der Waals surface area contributed by atoms with Crippen molar-refractivity contribution in [2.24, 2.45) is 13.0 Å². The molecule has 2 aliphatic rings. The van der Waals surface area contributed by atoms with E-state index in [1.54, 1.807) is 19.3 Å². The van der Waals surface area contributed by atoms with Crippen LogP contribution in [-0.4, -0.2) is 48.3 Å². The van der Waals surface area contributed by atoms with Crippen LogP contribution in [0.3, 0.4) is 0 Å². The van der Waals surface area contributed by atoms with E-state index in [-0.39, 0.29) is 18.7 Å². The van der Waals surface area contributed by atoms with Crippen LogP contribution >= 0.6 is 0 Å². The second-order valence-electron chi connectivity index (χ2n) is 11.1. The van der Waals surface area contributed by atoms with Crippen LogP contribution in [-0.2, 0) is 30.7 Å². The molecule has 9 nitrogen and oxygen atoms in total. The lowest BCUT2D eigenvalue weighted by molar-refractivity contribution is -0.143. The van der Waals surface area contributed by atoms with E-state index in [4.69, 9.17) is 4.74 Å².